The number of halogens is 1. The molecule has 3 rings (SSSR count). The number of Topliss-reactive ketones (excluding diaryl/α,β-unsaturated/α-hetero) is 1. The molecule has 2 heterocycles. The van der Waals surface area contributed by atoms with Crippen molar-refractivity contribution in [3.63, 3.8) is 0 Å². The standard InChI is InChI=1S/C19H21ClN2O2S/c1-14-3-2-4-15(13-14)21-9-11-22(12-10-21)19(24)8-5-16(23)17-6-7-18(20)25-17/h2-4,6-7,13H,5,8-12H2,1H3. The fraction of sp³-hybridized carbons (Fsp3) is 0.368. The first-order valence-electron chi connectivity index (χ1n) is 8.41. The lowest BCUT2D eigenvalue weighted by molar-refractivity contribution is -0.131. The fourth-order valence-electron chi connectivity index (χ4n) is 3.00. The number of carbonyl (C=O) groups is 2. The second-order valence-electron chi connectivity index (χ2n) is 6.23. The van der Waals surface area contributed by atoms with Crippen LogP contribution in [0.25, 0.3) is 0 Å². The van der Waals surface area contributed by atoms with Gasteiger partial charge in [-0.3, -0.25) is 9.59 Å². The van der Waals surface area contributed by atoms with Gasteiger partial charge in [0, 0.05) is 44.7 Å². The Bertz CT molecular complexity index is 766. The van der Waals surface area contributed by atoms with E-state index in [-0.39, 0.29) is 24.5 Å². The summed E-state index contributed by atoms with van der Waals surface area (Å²) in [7, 11) is 0. The molecule has 1 amide bonds. The van der Waals surface area contributed by atoms with Crippen molar-refractivity contribution in [2.24, 2.45) is 0 Å². The minimum Gasteiger partial charge on any atom is -0.368 e. The summed E-state index contributed by atoms with van der Waals surface area (Å²) in [5.41, 5.74) is 2.44. The summed E-state index contributed by atoms with van der Waals surface area (Å²) in [6.45, 7) is 5.13. The number of rotatable bonds is 5. The Morgan fingerprint density at radius 3 is 2.48 bits per heavy atom. The minimum absolute atomic E-state index is 0.0105. The van der Waals surface area contributed by atoms with E-state index < -0.39 is 0 Å². The first-order valence-corrected chi connectivity index (χ1v) is 9.60. The summed E-state index contributed by atoms with van der Waals surface area (Å²) in [6, 6.07) is 11.9. The van der Waals surface area contributed by atoms with Crippen molar-refractivity contribution in [2.45, 2.75) is 19.8 Å². The number of hydrogen-bond donors (Lipinski definition) is 0. The topological polar surface area (TPSA) is 40.6 Å². The van der Waals surface area contributed by atoms with Gasteiger partial charge >= 0.3 is 0 Å². The summed E-state index contributed by atoms with van der Waals surface area (Å²) in [5, 5.41) is 0. The Balaban J connectivity index is 1.47. The van der Waals surface area contributed by atoms with Crippen LogP contribution in [0.5, 0.6) is 0 Å². The molecular weight excluding hydrogens is 356 g/mol. The van der Waals surface area contributed by atoms with Crippen LogP contribution < -0.4 is 4.90 Å². The summed E-state index contributed by atoms with van der Waals surface area (Å²) in [5.74, 6) is 0.0449. The molecule has 1 aliphatic rings. The number of thiophene rings is 1. The molecule has 1 aliphatic heterocycles. The van der Waals surface area contributed by atoms with E-state index in [1.165, 1.54) is 22.6 Å². The highest BCUT2D eigenvalue weighted by Gasteiger charge is 2.22. The predicted molar refractivity (Wildman–Crippen MR) is 103 cm³/mol. The van der Waals surface area contributed by atoms with Gasteiger partial charge in [0.2, 0.25) is 5.91 Å². The number of amides is 1. The Morgan fingerprint density at radius 1 is 1.08 bits per heavy atom. The van der Waals surface area contributed by atoms with E-state index in [9.17, 15) is 9.59 Å². The molecule has 1 fully saturated rings. The van der Waals surface area contributed by atoms with Crippen molar-refractivity contribution in [3.05, 3.63) is 51.2 Å². The van der Waals surface area contributed by atoms with Gasteiger partial charge in [-0.05, 0) is 36.8 Å². The molecule has 1 aromatic carbocycles. The van der Waals surface area contributed by atoms with Crippen LogP contribution in [0.1, 0.15) is 28.1 Å². The van der Waals surface area contributed by atoms with E-state index in [1.54, 1.807) is 12.1 Å². The lowest BCUT2D eigenvalue weighted by atomic mass is 10.1. The third-order valence-corrected chi connectivity index (χ3v) is 5.69. The van der Waals surface area contributed by atoms with Gasteiger partial charge in [0.1, 0.15) is 0 Å². The molecule has 1 saturated heterocycles. The molecule has 0 N–H and O–H groups in total. The highest BCUT2D eigenvalue weighted by atomic mass is 35.5. The molecule has 1 aromatic heterocycles. The van der Waals surface area contributed by atoms with Crippen LogP contribution in [0, 0.1) is 6.92 Å². The van der Waals surface area contributed by atoms with Gasteiger partial charge in [-0.2, -0.15) is 0 Å². The lowest BCUT2D eigenvalue weighted by Gasteiger charge is -2.36. The number of anilines is 1. The Hall–Kier alpha value is -1.85. The third kappa shape index (κ3) is 4.61. The summed E-state index contributed by atoms with van der Waals surface area (Å²) < 4.78 is 0.599. The maximum atomic E-state index is 12.4. The number of nitrogens with zero attached hydrogens (tertiary/aromatic N) is 2. The normalized spacial score (nSPS) is 14.6. The largest absolute Gasteiger partial charge is 0.368 e. The van der Waals surface area contributed by atoms with E-state index >= 15 is 0 Å². The van der Waals surface area contributed by atoms with Crippen molar-refractivity contribution in [2.75, 3.05) is 31.1 Å². The van der Waals surface area contributed by atoms with Crippen molar-refractivity contribution in [1.29, 1.82) is 0 Å². The van der Waals surface area contributed by atoms with Crippen LogP contribution in [-0.2, 0) is 4.79 Å². The number of piperazine rings is 1. The van der Waals surface area contributed by atoms with Gasteiger partial charge in [0.15, 0.2) is 5.78 Å². The van der Waals surface area contributed by atoms with E-state index in [1.807, 2.05) is 4.90 Å². The molecule has 132 valence electrons. The molecule has 0 spiro atoms. The van der Waals surface area contributed by atoms with Crippen LogP contribution in [0.15, 0.2) is 36.4 Å². The molecule has 0 aliphatic carbocycles. The van der Waals surface area contributed by atoms with Gasteiger partial charge in [0.05, 0.1) is 9.21 Å². The van der Waals surface area contributed by atoms with Gasteiger partial charge < -0.3 is 9.80 Å². The van der Waals surface area contributed by atoms with Crippen molar-refractivity contribution >= 4 is 40.3 Å². The summed E-state index contributed by atoms with van der Waals surface area (Å²) >= 11 is 7.12. The van der Waals surface area contributed by atoms with E-state index in [0.717, 1.165) is 13.1 Å². The highest BCUT2D eigenvalue weighted by Crippen LogP contribution is 2.23. The average molecular weight is 377 g/mol. The molecule has 0 radical (unpaired) electrons. The number of aryl methyl sites for hydroxylation is 1. The smallest absolute Gasteiger partial charge is 0.223 e. The van der Waals surface area contributed by atoms with Crippen LogP contribution in [-0.4, -0.2) is 42.8 Å². The first kappa shape index (κ1) is 18.0. The van der Waals surface area contributed by atoms with Crippen LogP contribution >= 0.6 is 22.9 Å². The summed E-state index contributed by atoms with van der Waals surface area (Å²) in [4.78, 5) is 29.2. The quantitative estimate of drug-likeness (QED) is 0.740. The molecule has 0 unspecified atom stereocenters. The molecule has 4 nitrogen and oxygen atoms in total. The molecule has 2 aromatic rings. The SMILES string of the molecule is Cc1cccc(N2CCN(C(=O)CCC(=O)c3ccc(Cl)s3)CC2)c1. The van der Waals surface area contributed by atoms with E-state index in [2.05, 4.69) is 36.1 Å². The Morgan fingerprint density at radius 2 is 1.84 bits per heavy atom. The first-order chi connectivity index (χ1) is 12.0. The van der Waals surface area contributed by atoms with E-state index in [4.69, 9.17) is 11.6 Å². The lowest BCUT2D eigenvalue weighted by Crippen LogP contribution is -2.48. The molecule has 25 heavy (non-hydrogen) atoms. The maximum absolute atomic E-state index is 12.4. The Labute approximate surface area is 157 Å². The number of hydrogen-bond acceptors (Lipinski definition) is 4. The van der Waals surface area contributed by atoms with Gasteiger partial charge in [-0.25, -0.2) is 0 Å². The molecule has 6 heteroatoms. The zero-order chi connectivity index (χ0) is 17.8. The number of carbonyl (C=O) groups excluding carboxylic acids is 2. The minimum atomic E-state index is -0.0105. The molecule has 0 bridgehead atoms. The van der Waals surface area contributed by atoms with E-state index in [0.29, 0.717) is 22.3 Å². The highest BCUT2D eigenvalue weighted by molar-refractivity contribution is 7.18. The summed E-state index contributed by atoms with van der Waals surface area (Å²) in [6.07, 6.45) is 0.507. The monoisotopic (exact) mass is 376 g/mol. The maximum Gasteiger partial charge on any atom is 0.223 e. The molecule has 0 atom stereocenters. The predicted octanol–water partition coefficient (Wildman–Crippen LogP) is 4.02. The average Bonchev–Trinajstić information content (AvgIpc) is 3.06. The molecular formula is C19H21ClN2O2S. The van der Waals surface area contributed by atoms with Gasteiger partial charge in [-0.1, -0.05) is 23.7 Å². The van der Waals surface area contributed by atoms with Crippen molar-refractivity contribution < 1.29 is 9.59 Å². The van der Waals surface area contributed by atoms with Crippen molar-refractivity contribution in [3.8, 4) is 0 Å². The van der Waals surface area contributed by atoms with Crippen LogP contribution in [0.2, 0.25) is 4.34 Å². The second kappa shape index (κ2) is 8.02. The van der Waals surface area contributed by atoms with Gasteiger partial charge in [-0.15, -0.1) is 11.3 Å². The fourth-order valence-corrected chi connectivity index (χ4v) is 4.02. The van der Waals surface area contributed by atoms with Gasteiger partial charge in [0.25, 0.3) is 0 Å². The zero-order valence-electron chi connectivity index (χ0n) is 14.2. The Kier molecular flexibility index (Phi) is 5.76. The second-order valence-corrected chi connectivity index (χ2v) is 7.95. The van der Waals surface area contributed by atoms with Crippen LogP contribution in [0.3, 0.4) is 0 Å². The van der Waals surface area contributed by atoms with Crippen molar-refractivity contribution in [1.82, 2.24) is 4.90 Å². The zero-order valence-corrected chi connectivity index (χ0v) is 15.8. The van der Waals surface area contributed by atoms with Crippen LogP contribution in [0.4, 0.5) is 5.69 Å². The third-order valence-electron chi connectivity index (χ3n) is 4.41. The number of ketones is 1. The molecule has 0 saturated carbocycles. The number of benzene rings is 1.